The summed E-state index contributed by atoms with van der Waals surface area (Å²) >= 11 is 1.75. The maximum Gasteiger partial charge on any atom is 0.151 e. The van der Waals surface area contributed by atoms with E-state index in [-0.39, 0.29) is 11.3 Å². The molecule has 6 heteroatoms. The monoisotopic (exact) mass is 316 g/mol. The van der Waals surface area contributed by atoms with E-state index >= 15 is 0 Å². The van der Waals surface area contributed by atoms with E-state index in [4.69, 9.17) is 0 Å². The maximum atomic E-state index is 11.8. The van der Waals surface area contributed by atoms with Crippen LogP contribution in [-0.4, -0.2) is 51.5 Å². The number of hydrogen-bond donors (Lipinski definition) is 1. The van der Waals surface area contributed by atoms with Gasteiger partial charge in [0.2, 0.25) is 0 Å². The lowest BCUT2D eigenvalue weighted by molar-refractivity contribution is 0.283. The summed E-state index contributed by atoms with van der Waals surface area (Å²) in [7, 11) is 1.18. The maximum absolute atomic E-state index is 11.8. The molecule has 1 aromatic rings. The molecule has 1 aromatic heterocycles. The van der Waals surface area contributed by atoms with Crippen LogP contribution in [0.15, 0.2) is 17.5 Å². The van der Waals surface area contributed by atoms with Gasteiger partial charge in [-0.3, -0.25) is 0 Å². The highest BCUT2D eigenvalue weighted by atomic mass is 32.2. The molecule has 1 aliphatic carbocycles. The number of nitrogens with zero attached hydrogens (tertiary/aromatic N) is 1. The van der Waals surface area contributed by atoms with E-state index in [1.165, 1.54) is 11.1 Å². The van der Waals surface area contributed by atoms with Gasteiger partial charge in [-0.05, 0) is 38.4 Å². The lowest BCUT2D eigenvalue weighted by Gasteiger charge is -2.27. The Morgan fingerprint density at radius 3 is 2.75 bits per heavy atom. The molecule has 4 nitrogen and oxygen atoms in total. The highest BCUT2D eigenvalue weighted by Crippen LogP contribution is 2.27. The summed E-state index contributed by atoms with van der Waals surface area (Å²) in [4.78, 5) is 3.50. The largest absolute Gasteiger partial charge is 0.311 e. The zero-order chi connectivity index (χ0) is 14.8. The fourth-order valence-corrected chi connectivity index (χ4v) is 5.30. The van der Waals surface area contributed by atoms with Gasteiger partial charge in [-0.25, -0.2) is 8.42 Å². The van der Waals surface area contributed by atoms with E-state index in [0.29, 0.717) is 6.04 Å². The Morgan fingerprint density at radius 1 is 1.45 bits per heavy atom. The Balaban J connectivity index is 1.99. The summed E-state index contributed by atoms with van der Waals surface area (Å²) in [6, 6.07) is 4.61. The minimum absolute atomic E-state index is 0.104. The molecule has 1 heterocycles. The first kappa shape index (κ1) is 15.9. The van der Waals surface area contributed by atoms with E-state index in [9.17, 15) is 8.42 Å². The van der Waals surface area contributed by atoms with Crippen LogP contribution in [0.2, 0.25) is 0 Å². The minimum atomic E-state index is -2.95. The molecule has 0 aliphatic heterocycles. The molecule has 1 saturated carbocycles. The Bertz CT molecular complexity index is 511. The van der Waals surface area contributed by atoms with Gasteiger partial charge in [-0.1, -0.05) is 12.5 Å². The molecule has 1 aliphatic rings. The predicted octanol–water partition coefficient (Wildman–Crippen LogP) is 1.91. The van der Waals surface area contributed by atoms with Crippen LogP contribution in [0, 0.1) is 0 Å². The zero-order valence-corrected chi connectivity index (χ0v) is 14.0. The van der Waals surface area contributed by atoms with Gasteiger partial charge < -0.3 is 10.2 Å². The van der Waals surface area contributed by atoms with Crippen molar-refractivity contribution in [1.82, 2.24) is 10.2 Å². The molecule has 0 spiro atoms. The highest BCUT2D eigenvalue weighted by molar-refractivity contribution is 7.91. The number of thiophene rings is 1. The van der Waals surface area contributed by atoms with Gasteiger partial charge in [-0.2, -0.15) is 0 Å². The van der Waals surface area contributed by atoms with Crippen molar-refractivity contribution < 1.29 is 8.42 Å². The number of rotatable bonds is 6. The van der Waals surface area contributed by atoms with Crippen molar-refractivity contribution in [2.45, 2.75) is 36.6 Å². The Hall–Kier alpha value is -0.430. The lowest BCUT2D eigenvalue weighted by Crippen LogP contribution is -2.43. The van der Waals surface area contributed by atoms with Gasteiger partial charge >= 0.3 is 0 Å². The summed E-state index contributed by atoms with van der Waals surface area (Å²) < 4.78 is 23.6. The molecule has 1 fully saturated rings. The number of nitrogens with one attached hydrogen (secondary N) is 1. The lowest BCUT2D eigenvalue weighted by atomic mass is 10.2. The Labute approximate surface area is 126 Å². The summed E-state index contributed by atoms with van der Waals surface area (Å²) in [5, 5.41) is 5.36. The summed E-state index contributed by atoms with van der Waals surface area (Å²) in [5.41, 5.74) is 0. The first-order chi connectivity index (χ1) is 9.39. The molecule has 1 N–H and O–H groups in total. The van der Waals surface area contributed by atoms with Crippen LogP contribution in [0.1, 0.15) is 30.2 Å². The molecule has 0 amide bonds. The highest BCUT2D eigenvalue weighted by Gasteiger charge is 2.34. The van der Waals surface area contributed by atoms with Crippen LogP contribution in [0.3, 0.4) is 0 Å². The third-order valence-electron chi connectivity index (χ3n) is 4.07. The molecule has 114 valence electrons. The molecule has 0 radical (unpaired) electrons. The standard InChI is InChI=1S/C14H24N2O2S2/c1-16(2)12(13-7-5-9-19-13)10-15-11-6-4-8-14(11)20(3,17)18/h5,7,9,11-12,14-15H,4,6,8,10H2,1-3H3. The normalized spacial score (nSPS) is 25.2. The second kappa shape index (κ2) is 6.56. The van der Waals surface area contributed by atoms with Crippen LogP contribution in [0.4, 0.5) is 0 Å². The van der Waals surface area contributed by atoms with Crippen LogP contribution in [-0.2, 0) is 9.84 Å². The molecule has 0 saturated heterocycles. The van der Waals surface area contributed by atoms with Crippen molar-refractivity contribution in [3.8, 4) is 0 Å². The van der Waals surface area contributed by atoms with Gasteiger partial charge in [0.05, 0.1) is 11.3 Å². The molecule has 3 atom stereocenters. The van der Waals surface area contributed by atoms with Crippen molar-refractivity contribution in [3.05, 3.63) is 22.4 Å². The van der Waals surface area contributed by atoms with Crippen molar-refractivity contribution in [1.29, 1.82) is 0 Å². The van der Waals surface area contributed by atoms with Gasteiger partial charge in [0.15, 0.2) is 9.84 Å². The van der Waals surface area contributed by atoms with Crippen molar-refractivity contribution in [2.75, 3.05) is 26.9 Å². The summed E-state index contributed by atoms with van der Waals surface area (Å²) in [6.45, 7) is 0.796. The fourth-order valence-electron chi connectivity index (χ4n) is 2.95. The summed E-state index contributed by atoms with van der Waals surface area (Å²) in [6.07, 6.45) is 4.12. The van der Waals surface area contributed by atoms with E-state index in [0.717, 1.165) is 25.8 Å². The van der Waals surface area contributed by atoms with E-state index < -0.39 is 9.84 Å². The van der Waals surface area contributed by atoms with Gasteiger partial charge in [0, 0.05) is 23.7 Å². The molecular formula is C14H24N2O2S2. The summed E-state index contributed by atoms with van der Waals surface area (Å²) in [5.74, 6) is 0. The Kier molecular flexibility index (Phi) is 5.23. The first-order valence-electron chi connectivity index (χ1n) is 7.01. The van der Waals surface area contributed by atoms with Crippen LogP contribution in [0.25, 0.3) is 0 Å². The smallest absolute Gasteiger partial charge is 0.151 e. The second-order valence-electron chi connectivity index (χ2n) is 5.81. The van der Waals surface area contributed by atoms with Crippen molar-refractivity contribution >= 4 is 21.2 Å². The molecule has 2 rings (SSSR count). The quantitative estimate of drug-likeness (QED) is 0.871. The molecule has 3 unspecified atom stereocenters. The predicted molar refractivity (Wildman–Crippen MR) is 85.0 cm³/mol. The third-order valence-corrected chi connectivity index (χ3v) is 6.71. The number of sulfone groups is 1. The van der Waals surface area contributed by atoms with E-state index in [2.05, 4.69) is 41.8 Å². The average Bonchev–Trinajstić information content (AvgIpc) is 2.97. The van der Waals surface area contributed by atoms with Crippen molar-refractivity contribution in [3.63, 3.8) is 0 Å². The van der Waals surface area contributed by atoms with Crippen molar-refractivity contribution in [2.24, 2.45) is 0 Å². The average molecular weight is 316 g/mol. The molecule has 0 bridgehead atoms. The number of hydrogen-bond acceptors (Lipinski definition) is 5. The van der Waals surface area contributed by atoms with Gasteiger partial charge in [0.1, 0.15) is 0 Å². The molecular weight excluding hydrogens is 292 g/mol. The SMILES string of the molecule is CN(C)C(CNC1CCCC1S(C)(=O)=O)c1cccs1. The molecule has 0 aromatic carbocycles. The van der Waals surface area contributed by atoms with Crippen LogP contribution >= 0.6 is 11.3 Å². The third kappa shape index (κ3) is 3.81. The van der Waals surface area contributed by atoms with Gasteiger partial charge in [0.25, 0.3) is 0 Å². The Morgan fingerprint density at radius 2 is 2.20 bits per heavy atom. The first-order valence-corrected chi connectivity index (χ1v) is 9.85. The number of likely N-dealkylation sites (N-methyl/N-ethyl adjacent to an activating group) is 1. The van der Waals surface area contributed by atoms with E-state index in [1.54, 1.807) is 11.3 Å². The van der Waals surface area contributed by atoms with Crippen LogP contribution in [0.5, 0.6) is 0 Å². The van der Waals surface area contributed by atoms with E-state index in [1.807, 2.05) is 0 Å². The van der Waals surface area contributed by atoms with Crippen LogP contribution < -0.4 is 5.32 Å². The second-order valence-corrected chi connectivity index (χ2v) is 9.05. The topological polar surface area (TPSA) is 49.4 Å². The zero-order valence-electron chi connectivity index (χ0n) is 12.4. The fraction of sp³-hybridized carbons (Fsp3) is 0.714. The minimum Gasteiger partial charge on any atom is -0.311 e. The van der Waals surface area contributed by atoms with Gasteiger partial charge in [-0.15, -0.1) is 11.3 Å². The molecule has 20 heavy (non-hydrogen) atoms.